The number of halogens is 2. The molecule has 0 aromatic rings. The van der Waals surface area contributed by atoms with Crippen molar-refractivity contribution < 1.29 is 8.78 Å². The molecule has 0 bridgehead atoms. The fourth-order valence-electron chi connectivity index (χ4n) is 1.48. The first-order chi connectivity index (χ1) is 7.41. The van der Waals surface area contributed by atoms with Crippen LogP contribution in [0.15, 0.2) is 12.2 Å². The minimum Gasteiger partial charge on any atom is -0.251 e. The summed E-state index contributed by atoms with van der Waals surface area (Å²) in [4.78, 5) is 0. The number of alkyl halides is 2. The van der Waals surface area contributed by atoms with Gasteiger partial charge in [0.05, 0.1) is 13.3 Å². The van der Waals surface area contributed by atoms with Gasteiger partial charge in [0.2, 0.25) is 0 Å². The van der Waals surface area contributed by atoms with E-state index < -0.39 is 0 Å². The van der Waals surface area contributed by atoms with E-state index in [0.717, 1.165) is 38.5 Å². The topological polar surface area (TPSA) is 0 Å². The number of unbranched alkanes of at least 4 members (excludes halogenated alkanes) is 7. The highest BCUT2D eigenvalue weighted by Crippen LogP contribution is 2.05. The fraction of sp³-hybridized carbons (Fsp3) is 0.846. The Morgan fingerprint density at radius 1 is 0.533 bits per heavy atom. The lowest BCUT2D eigenvalue weighted by Crippen LogP contribution is -1.79. The highest BCUT2D eigenvalue weighted by molar-refractivity contribution is 4.81. The van der Waals surface area contributed by atoms with Gasteiger partial charge in [0, 0.05) is 0 Å². The molecule has 0 saturated heterocycles. The predicted molar refractivity (Wildman–Crippen MR) is 62.6 cm³/mol. The first kappa shape index (κ1) is 14.6. The molecule has 0 aliphatic heterocycles. The summed E-state index contributed by atoms with van der Waals surface area (Å²) in [7, 11) is 0. The average molecular weight is 218 g/mol. The summed E-state index contributed by atoms with van der Waals surface area (Å²) in [5, 5.41) is 0. The van der Waals surface area contributed by atoms with Crippen LogP contribution in [0, 0.1) is 0 Å². The zero-order valence-electron chi connectivity index (χ0n) is 9.69. The van der Waals surface area contributed by atoms with E-state index in [2.05, 4.69) is 12.2 Å². The zero-order chi connectivity index (χ0) is 11.2. The quantitative estimate of drug-likeness (QED) is 0.338. The molecule has 0 N–H and O–H groups in total. The van der Waals surface area contributed by atoms with Crippen molar-refractivity contribution in [3.05, 3.63) is 12.2 Å². The zero-order valence-corrected chi connectivity index (χ0v) is 9.69. The van der Waals surface area contributed by atoms with Crippen LogP contribution in [0.5, 0.6) is 0 Å². The van der Waals surface area contributed by atoms with Gasteiger partial charge in [-0.05, 0) is 38.5 Å². The molecule has 0 radical (unpaired) electrons. The second-order valence-electron chi connectivity index (χ2n) is 3.90. The average Bonchev–Trinajstić information content (AvgIpc) is 2.26. The summed E-state index contributed by atoms with van der Waals surface area (Å²) in [5.74, 6) is 0. The van der Waals surface area contributed by atoms with Gasteiger partial charge in [0.1, 0.15) is 0 Å². The third kappa shape index (κ3) is 13.6. The standard InChI is InChI=1S/C13H24F2/c14-12-10-8-6-4-2-1-3-5-7-9-11-13-15/h1-2H,3-13H2. The van der Waals surface area contributed by atoms with Crippen molar-refractivity contribution in [3.63, 3.8) is 0 Å². The molecule has 0 unspecified atom stereocenters. The lowest BCUT2D eigenvalue weighted by atomic mass is 10.1. The summed E-state index contributed by atoms with van der Waals surface area (Å²) in [6, 6.07) is 0. The van der Waals surface area contributed by atoms with Gasteiger partial charge >= 0.3 is 0 Å². The minimum absolute atomic E-state index is 0.176. The molecule has 90 valence electrons. The van der Waals surface area contributed by atoms with E-state index in [-0.39, 0.29) is 13.3 Å². The molecule has 0 fully saturated rings. The monoisotopic (exact) mass is 218 g/mol. The first-order valence-electron chi connectivity index (χ1n) is 6.18. The summed E-state index contributed by atoms with van der Waals surface area (Å²) in [6.07, 6.45) is 13.4. The Labute approximate surface area is 92.8 Å². The molecule has 0 nitrogen and oxygen atoms in total. The van der Waals surface area contributed by atoms with E-state index in [1.807, 2.05) is 0 Å². The summed E-state index contributed by atoms with van der Waals surface area (Å²) in [5.41, 5.74) is 0. The van der Waals surface area contributed by atoms with E-state index in [1.165, 1.54) is 6.42 Å². The van der Waals surface area contributed by atoms with Crippen LogP contribution in [0.4, 0.5) is 8.78 Å². The molecule has 0 atom stereocenters. The second-order valence-corrected chi connectivity index (χ2v) is 3.90. The van der Waals surface area contributed by atoms with Crippen LogP contribution in [0.25, 0.3) is 0 Å². The van der Waals surface area contributed by atoms with Crippen molar-refractivity contribution >= 4 is 0 Å². The van der Waals surface area contributed by atoms with Crippen LogP contribution >= 0.6 is 0 Å². The largest absolute Gasteiger partial charge is 0.251 e. The molecule has 0 saturated carbocycles. The van der Waals surface area contributed by atoms with Crippen LogP contribution in [-0.4, -0.2) is 13.3 Å². The maximum Gasteiger partial charge on any atom is 0.0894 e. The second kappa shape index (κ2) is 13.6. The van der Waals surface area contributed by atoms with E-state index in [4.69, 9.17) is 0 Å². The third-order valence-electron chi connectivity index (χ3n) is 2.43. The van der Waals surface area contributed by atoms with Gasteiger partial charge in [0.25, 0.3) is 0 Å². The fourth-order valence-corrected chi connectivity index (χ4v) is 1.48. The third-order valence-corrected chi connectivity index (χ3v) is 2.43. The van der Waals surface area contributed by atoms with Crippen molar-refractivity contribution in [2.45, 2.75) is 57.8 Å². The van der Waals surface area contributed by atoms with Gasteiger partial charge < -0.3 is 0 Å². The predicted octanol–water partition coefficient (Wildman–Crippen LogP) is 4.99. The molecule has 0 aromatic heterocycles. The Hall–Kier alpha value is -0.400. The van der Waals surface area contributed by atoms with E-state index in [1.54, 1.807) is 0 Å². The Bertz CT molecular complexity index is 132. The molecular formula is C13H24F2. The van der Waals surface area contributed by atoms with Crippen LogP contribution in [-0.2, 0) is 0 Å². The van der Waals surface area contributed by atoms with Crippen molar-refractivity contribution in [1.29, 1.82) is 0 Å². The molecule has 0 spiro atoms. The molecule has 0 rings (SSSR count). The van der Waals surface area contributed by atoms with Crippen molar-refractivity contribution in [2.75, 3.05) is 13.3 Å². The van der Waals surface area contributed by atoms with Gasteiger partial charge in [-0.3, -0.25) is 8.78 Å². The van der Waals surface area contributed by atoms with Crippen LogP contribution in [0.2, 0.25) is 0 Å². The van der Waals surface area contributed by atoms with Crippen molar-refractivity contribution in [2.24, 2.45) is 0 Å². The lowest BCUT2D eigenvalue weighted by molar-refractivity contribution is 0.453. The smallest absolute Gasteiger partial charge is 0.0894 e. The molecule has 0 aromatic carbocycles. The molecule has 15 heavy (non-hydrogen) atoms. The van der Waals surface area contributed by atoms with Crippen LogP contribution in [0.1, 0.15) is 57.8 Å². The van der Waals surface area contributed by atoms with Gasteiger partial charge in [-0.1, -0.05) is 31.4 Å². The highest BCUT2D eigenvalue weighted by atomic mass is 19.1. The van der Waals surface area contributed by atoms with Crippen LogP contribution in [0.3, 0.4) is 0 Å². The van der Waals surface area contributed by atoms with Gasteiger partial charge in [-0.2, -0.15) is 0 Å². The number of hydrogen-bond donors (Lipinski definition) is 0. The van der Waals surface area contributed by atoms with E-state index in [0.29, 0.717) is 12.8 Å². The van der Waals surface area contributed by atoms with E-state index in [9.17, 15) is 8.78 Å². The van der Waals surface area contributed by atoms with Gasteiger partial charge in [0.15, 0.2) is 0 Å². The SMILES string of the molecule is FCCCCCC=CCCCCCCF. The first-order valence-corrected chi connectivity index (χ1v) is 6.18. The Kier molecular flexibility index (Phi) is 13.2. The summed E-state index contributed by atoms with van der Waals surface area (Å²) >= 11 is 0. The lowest BCUT2D eigenvalue weighted by Gasteiger charge is -1.96. The van der Waals surface area contributed by atoms with E-state index >= 15 is 0 Å². The summed E-state index contributed by atoms with van der Waals surface area (Å²) in [6.45, 7) is -0.358. The Morgan fingerprint density at radius 3 is 1.40 bits per heavy atom. The molecule has 2 heteroatoms. The molecule has 0 aliphatic rings. The molecule has 0 amide bonds. The summed E-state index contributed by atoms with van der Waals surface area (Å²) < 4.78 is 23.5. The minimum atomic E-state index is -0.182. The van der Waals surface area contributed by atoms with Gasteiger partial charge in [-0.25, -0.2) is 0 Å². The van der Waals surface area contributed by atoms with Gasteiger partial charge in [-0.15, -0.1) is 0 Å². The molecule has 0 aliphatic carbocycles. The Morgan fingerprint density at radius 2 is 0.933 bits per heavy atom. The van der Waals surface area contributed by atoms with Crippen molar-refractivity contribution in [3.8, 4) is 0 Å². The maximum absolute atomic E-state index is 11.7. The van der Waals surface area contributed by atoms with Crippen molar-refractivity contribution in [1.82, 2.24) is 0 Å². The number of hydrogen-bond acceptors (Lipinski definition) is 0. The normalized spacial score (nSPS) is 11.3. The highest BCUT2D eigenvalue weighted by Gasteiger charge is 1.88. The van der Waals surface area contributed by atoms with Crippen LogP contribution < -0.4 is 0 Å². The maximum atomic E-state index is 11.7. The molecular weight excluding hydrogens is 194 g/mol. The number of allylic oxidation sites excluding steroid dienone is 2. The number of rotatable bonds is 11. The molecule has 0 heterocycles. The Balaban J connectivity index is 2.97.